The average Bonchev–Trinajstić information content (AvgIpc) is 2.27. The molecule has 1 N–H and O–H groups in total. The molecule has 2 atom stereocenters. The van der Waals surface area contributed by atoms with Crippen molar-refractivity contribution in [2.24, 2.45) is 5.92 Å². The Morgan fingerprint density at radius 1 is 1.50 bits per heavy atom. The molecule has 0 aromatic carbocycles. The van der Waals surface area contributed by atoms with E-state index < -0.39 is 12.0 Å². The number of halogens is 2. The van der Waals surface area contributed by atoms with Gasteiger partial charge >= 0.3 is 0 Å². The summed E-state index contributed by atoms with van der Waals surface area (Å²) in [7, 11) is 0. The van der Waals surface area contributed by atoms with Crippen LogP contribution in [-0.4, -0.2) is 16.0 Å². The summed E-state index contributed by atoms with van der Waals surface area (Å²) < 4.78 is 26.5. The summed E-state index contributed by atoms with van der Waals surface area (Å²) in [5, 5.41) is 10.1. The highest BCUT2D eigenvalue weighted by atomic mass is 19.3. The van der Waals surface area contributed by atoms with Gasteiger partial charge in [-0.2, -0.15) is 0 Å². The van der Waals surface area contributed by atoms with E-state index in [2.05, 4.69) is 4.98 Å². The van der Waals surface area contributed by atoms with Crippen molar-refractivity contribution in [2.75, 3.05) is 0 Å². The maximum atomic E-state index is 13.3. The van der Waals surface area contributed by atoms with Crippen LogP contribution in [0.1, 0.15) is 49.6 Å². The van der Waals surface area contributed by atoms with Crippen LogP contribution in [0.5, 0.6) is 0 Å². The van der Waals surface area contributed by atoms with E-state index >= 15 is 0 Å². The molecule has 1 aliphatic carbocycles. The molecule has 1 aromatic heterocycles. The molecule has 0 aliphatic heterocycles. The maximum Gasteiger partial charge on any atom is 0.248 e. The zero-order chi connectivity index (χ0) is 13.2. The Labute approximate surface area is 106 Å². The molecule has 2 rings (SSSR count). The maximum absolute atomic E-state index is 13.3. The van der Waals surface area contributed by atoms with E-state index in [0.717, 1.165) is 12.1 Å². The molecule has 1 saturated carbocycles. The lowest BCUT2D eigenvalue weighted by atomic mass is 9.82. The Bertz CT molecular complexity index is 409. The third kappa shape index (κ3) is 3.48. The molecule has 0 amide bonds. The molecule has 0 saturated heterocycles. The van der Waals surface area contributed by atoms with Gasteiger partial charge < -0.3 is 5.11 Å². The van der Waals surface area contributed by atoms with Gasteiger partial charge in [-0.05, 0) is 44.2 Å². The number of nitrogens with zero attached hydrogens (tertiary/aromatic N) is 1. The van der Waals surface area contributed by atoms with Gasteiger partial charge in [0.15, 0.2) is 0 Å². The second kappa shape index (κ2) is 5.31. The molecule has 1 fully saturated rings. The van der Waals surface area contributed by atoms with E-state index in [4.69, 9.17) is 0 Å². The number of aromatic nitrogens is 1. The van der Waals surface area contributed by atoms with Gasteiger partial charge in [-0.15, -0.1) is 0 Å². The number of hydrogen-bond donors (Lipinski definition) is 1. The zero-order valence-electron chi connectivity index (χ0n) is 10.6. The monoisotopic (exact) mass is 255 g/mol. The minimum atomic E-state index is -2.55. The van der Waals surface area contributed by atoms with Crippen LogP contribution in [0, 0.1) is 12.8 Å². The Hall–Kier alpha value is -1.03. The quantitative estimate of drug-likeness (QED) is 0.894. The topological polar surface area (TPSA) is 33.1 Å². The molecular formula is C14H19F2NO. The van der Waals surface area contributed by atoms with E-state index in [0.29, 0.717) is 18.5 Å². The number of hydrogen-bond acceptors (Lipinski definition) is 2. The van der Waals surface area contributed by atoms with E-state index in [9.17, 15) is 13.9 Å². The predicted molar refractivity (Wildman–Crippen MR) is 65.5 cm³/mol. The van der Waals surface area contributed by atoms with Crippen molar-refractivity contribution in [1.82, 2.24) is 4.98 Å². The van der Waals surface area contributed by atoms with Crippen LogP contribution < -0.4 is 0 Å². The lowest BCUT2D eigenvalue weighted by Gasteiger charge is -2.30. The van der Waals surface area contributed by atoms with Gasteiger partial charge in [-0.1, -0.05) is 6.07 Å². The van der Waals surface area contributed by atoms with Gasteiger partial charge in [0.2, 0.25) is 5.92 Å². The highest BCUT2D eigenvalue weighted by Gasteiger charge is 2.36. The smallest absolute Gasteiger partial charge is 0.248 e. The summed E-state index contributed by atoms with van der Waals surface area (Å²) in [4.78, 5) is 4.24. The summed E-state index contributed by atoms with van der Waals surface area (Å²) in [6, 6.07) is 5.43. The fourth-order valence-corrected chi connectivity index (χ4v) is 2.66. The first-order valence-electron chi connectivity index (χ1n) is 6.46. The number of rotatable bonds is 3. The molecule has 4 heteroatoms. The number of alkyl halides is 2. The van der Waals surface area contributed by atoms with E-state index in [1.165, 1.54) is 0 Å². The Morgan fingerprint density at radius 3 is 2.94 bits per heavy atom. The number of aryl methyl sites for hydroxylation is 1. The standard InChI is InChI=1S/C14H19F2NO/c1-10-4-2-6-12(17-10)13(18)8-11-5-3-7-14(15,16)9-11/h2,4,6,11,13,18H,3,5,7-9H2,1H3. The molecule has 18 heavy (non-hydrogen) atoms. The first kappa shape index (κ1) is 13.4. The van der Waals surface area contributed by atoms with Crippen molar-refractivity contribution in [3.8, 4) is 0 Å². The van der Waals surface area contributed by atoms with Crippen LogP contribution in [0.25, 0.3) is 0 Å². The third-order valence-electron chi connectivity index (χ3n) is 3.55. The Balaban J connectivity index is 1.97. The summed E-state index contributed by atoms with van der Waals surface area (Å²) in [5.74, 6) is -2.66. The van der Waals surface area contributed by atoms with Crippen molar-refractivity contribution in [3.63, 3.8) is 0 Å². The van der Waals surface area contributed by atoms with Gasteiger partial charge in [0, 0.05) is 18.5 Å². The average molecular weight is 255 g/mol. The van der Waals surface area contributed by atoms with Crippen LogP contribution in [-0.2, 0) is 0 Å². The first-order valence-corrected chi connectivity index (χ1v) is 6.46. The SMILES string of the molecule is Cc1cccc(C(O)CC2CCCC(F)(F)C2)n1. The third-order valence-corrected chi connectivity index (χ3v) is 3.55. The van der Waals surface area contributed by atoms with Crippen molar-refractivity contribution in [1.29, 1.82) is 0 Å². The Morgan fingerprint density at radius 2 is 2.28 bits per heavy atom. The Kier molecular flexibility index (Phi) is 3.95. The molecule has 1 aromatic rings. The van der Waals surface area contributed by atoms with Crippen LogP contribution in [0.15, 0.2) is 18.2 Å². The summed E-state index contributed by atoms with van der Waals surface area (Å²) in [6.45, 7) is 1.85. The van der Waals surface area contributed by atoms with Crippen molar-refractivity contribution < 1.29 is 13.9 Å². The van der Waals surface area contributed by atoms with Gasteiger partial charge in [0.1, 0.15) is 0 Å². The molecule has 0 radical (unpaired) electrons. The van der Waals surface area contributed by atoms with Gasteiger partial charge in [-0.25, -0.2) is 8.78 Å². The van der Waals surface area contributed by atoms with Crippen molar-refractivity contribution >= 4 is 0 Å². The normalized spacial score (nSPS) is 24.8. The van der Waals surface area contributed by atoms with Crippen molar-refractivity contribution in [3.05, 3.63) is 29.6 Å². The summed E-state index contributed by atoms with van der Waals surface area (Å²) in [6.07, 6.45) is 0.859. The van der Waals surface area contributed by atoms with Crippen LogP contribution in [0.4, 0.5) is 8.78 Å². The molecule has 1 aliphatic rings. The molecule has 100 valence electrons. The highest BCUT2D eigenvalue weighted by Crippen LogP contribution is 2.40. The zero-order valence-corrected chi connectivity index (χ0v) is 10.6. The largest absolute Gasteiger partial charge is 0.387 e. The lowest BCUT2D eigenvalue weighted by molar-refractivity contribution is -0.0592. The van der Waals surface area contributed by atoms with Gasteiger partial charge in [0.25, 0.3) is 0 Å². The number of aliphatic hydroxyl groups is 1. The van der Waals surface area contributed by atoms with Crippen LogP contribution in [0.3, 0.4) is 0 Å². The fourth-order valence-electron chi connectivity index (χ4n) is 2.66. The summed E-state index contributed by atoms with van der Waals surface area (Å²) in [5.41, 5.74) is 1.42. The second-order valence-corrected chi connectivity index (χ2v) is 5.27. The number of aliphatic hydroxyl groups excluding tert-OH is 1. The minimum absolute atomic E-state index is 0.0116. The van der Waals surface area contributed by atoms with Gasteiger partial charge in [-0.3, -0.25) is 4.98 Å². The van der Waals surface area contributed by atoms with E-state index in [1.807, 2.05) is 19.1 Å². The van der Waals surface area contributed by atoms with Crippen LogP contribution >= 0.6 is 0 Å². The molecule has 2 nitrogen and oxygen atoms in total. The van der Waals surface area contributed by atoms with Gasteiger partial charge in [0.05, 0.1) is 11.8 Å². The molecule has 0 bridgehead atoms. The number of pyridine rings is 1. The molecule has 0 spiro atoms. The van der Waals surface area contributed by atoms with E-state index in [-0.39, 0.29) is 18.8 Å². The minimum Gasteiger partial charge on any atom is -0.387 e. The summed E-state index contributed by atoms with van der Waals surface area (Å²) >= 11 is 0. The first-order chi connectivity index (χ1) is 8.46. The molecular weight excluding hydrogens is 236 g/mol. The van der Waals surface area contributed by atoms with Crippen LogP contribution in [0.2, 0.25) is 0 Å². The second-order valence-electron chi connectivity index (χ2n) is 5.27. The lowest BCUT2D eigenvalue weighted by Crippen LogP contribution is -2.27. The predicted octanol–water partition coefficient (Wildman–Crippen LogP) is 3.64. The molecule has 1 heterocycles. The van der Waals surface area contributed by atoms with E-state index in [1.54, 1.807) is 6.07 Å². The highest BCUT2D eigenvalue weighted by molar-refractivity contribution is 5.12. The molecule has 2 unspecified atom stereocenters. The van der Waals surface area contributed by atoms with Crippen molar-refractivity contribution in [2.45, 2.75) is 51.1 Å². The fraction of sp³-hybridized carbons (Fsp3) is 0.643.